The van der Waals surface area contributed by atoms with Crippen molar-refractivity contribution in [3.05, 3.63) is 58.8 Å². The number of carbonyl (C=O) groups is 1. The minimum atomic E-state index is 0.119. The number of nitrogen functional groups attached to an aromatic ring is 1. The zero-order valence-corrected chi connectivity index (χ0v) is 16.7. The van der Waals surface area contributed by atoms with Gasteiger partial charge in [-0.2, -0.15) is 0 Å². The molecular weight excluding hydrogens is 372 g/mol. The molecule has 136 valence electrons. The maximum absolute atomic E-state index is 12.7. The van der Waals surface area contributed by atoms with Gasteiger partial charge in [-0.25, -0.2) is 4.98 Å². The van der Waals surface area contributed by atoms with Crippen molar-refractivity contribution >= 4 is 44.4 Å². The van der Waals surface area contributed by atoms with Crippen molar-refractivity contribution in [3.63, 3.8) is 0 Å². The Balaban J connectivity index is 1.95. The second-order valence-corrected chi connectivity index (χ2v) is 8.40. The van der Waals surface area contributed by atoms with Gasteiger partial charge in [0.2, 0.25) is 0 Å². The molecule has 0 saturated heterocycles. The van der Waals surface area contributed by atoms with Gasteiger partial charge in [-0.3, -0.25) is 4.79 Å². The van der Waals surface area contributed by atoms with E-state index in [9.17, 15) is 4.79 Å². The Kier molecular flexibility index (Phi) is 5.05. The fourth-order valence-corrected chi connectivity index (χ4v) is 4.95. The summed E-state index contributed by atoms with van der Waals surface area (Å²) in [5.74, 6) is 0.119. The van der Waals surface area contributed by atoms with Gasteiger partial charge in [0.05, 0.1) is 21.1 Å². The van der Waals surface area contributed by atoms with E-state index in [1.165, 1.54) is 11.3 Å². The first-order chi connectivity index (χ1) is 13.2. The summed E-state index contributed by atoms with van der Waals surface area (Å²) in [6, 6.07) is 16.4. The molecule has 4 rings (SSSR count). The van der Waals surface area contributed by atoms with E-state index in [0.29, 0.717) is 17.0 Å². The molecule has 3 nitrogen and oxygen atoms in total. The van der Waals surface area contributed by atoms with Crippen molar-refractivity contribution in [1.29, 1.82) is 0 Å². The lowest BCUT2D eigenvalue weighted by Gasteiger charge is -2.08. The third kappa shape index (κ3) is 3.40. The predicted molar refractivity (Wildman–Crippen MR) is 117 cm³/mol. The standard InChI is InChI=1S/C22H20N2OS2/c1-2-3-10-17(25)21-20(23)19-15(14-8-5-4-6-9-14)13-16(24-22(19)27-21)18-11-7-12-26-18/h4-9,11-13H,2-3,10,23H2,1H3. The molecule has 0 saturated carbocycles. The van der Waals surface area contributed by atoms with Crippen LogP contribution >= 0.6 is 22.7 Å². The van der Waals surface area contributed by atoms with Crippen LogP contribution in [0.3, 0.4) is 0 Å². The van der Waals surface area contributed by atoms with Gasteiger partial charge < -0.3 is 5.73 Å². The van der Waals surface area contributed by atoms with Crippen LogP contribution < -0.4 is 5.73 Å². The number of pyridine rings is 1. The Labute approximate surface area is 166 Å². The van der Waals surface area contributed by atoms with E-state index in [4.69, 9.17) is 10.7 Å². The predicted octanol–water partition coefficient (Wildman–Crippen LogP) is 6.65. The molecule has 0 radical (unpaired) electrons. The normalized spacial score (nSPS) is 11.1. The summed E-state index contributed by atoms with van der Waals surface area (Å²) < 4.78 is 0. The third-order valence-corrected chi connectivity index (χ3v) is 6.60. The lowest BCUT2D eigenvalue weighted by atomic mass is 10.0. The number of nitrogens with two attached hydrogens (primary N) is 1. The number of nitrogens with zero attached hydrogens (tertiary/aromatic N) is 1. The maximum atomic E-state index is 12.7. The summed E-state index contributed by atoms with van der Waals surface area (Å²) in [5, 5.41) is 2.94. The summed E-state index contributed by atoms with van der Waals surface area (Å²) in [4.78, 5) is 20.1. The van der Waals surface area contributed by atoms with Crippen molar-refractivity contribution in [3.8, 4) is 21.7 Å². The molecule has 0 atom stereocenters. The van der Waals surface area contributed by atoms with Crippen LogP contribution in [0.15, 0.2) is 53.9 Å². The number of rotatable bonds is 6. The van der Waals surface area contributed by atoms with Crippen molar-refractivity contribution < 1.29 is 4.79 Å². The molecule has 4 aromatic rings. The molecule has 27 heavy (non-hydrogen) atoms. The van der Waals surface area contributed by atoms with Gasteiger partial charge in [-0.15, -0.1) is 22.7 Å². The van der Waals surface area contributed by atoms with Crippen LogP contribution in [0.5, 0.6) is 0 Å². The number of benzene rings is 1. The third-order valence-electron chi connectivity index (χ3n) is 4.57. The van der Waals surface area contributed by atoms with Gasteiger partial charge in [-0.05, 0) is 35.1 Å². The SMILES string of the molecule is CCCCC(=O)c1sc2nc(-c3cccs3)cc(-c3ccccc3)c2c1N. The molecule has 0 aliphatic heterocycles. The number of hydrogen-bond acceptors (Lipinski definition) is 5. The molecule has 3 heterocycles. The van der Waals surface area contributed by atoms with E-state index in [-0.39, 0.29) is 5.78 Å². The molecule has 0 spiro atoms. The summed E-state index contributed by atoms with van der Waals surface area (Å²) in [6.45, 7) is 2.09. The first-order valence-electron chi connectivity index (χ1n) is 9.04. The number of unbranched alkanes of at least 4 members (excludes halogenated alkanes) is 1. The lowest BCUT2D eigenvalue weighted by molar-refractivity contribution is 0.0984. The highest BCUT2D eigenvalue weighted by atomic mass is 32.1. The molecule has 2 N–H and O–H groups in total. The highest BCUT2D eigenvalue weighted by Crippen LogP contribution is 2.42. The van der Waals surface area contributed by atoms with Crippen LogP contribution in [0.4, 0.5) is 5.69 Å². The highest BCUT2D eigenvalue weighted by Gasteiger charge is 2.21. The highest BCUT2D eigenvalue weighted by molar-refractivity contribution is 7.21. The van der Waals surface area contributed by atoms with Crippen LogP contribution in [0.25, 0.3) is 31.9 Å². The zero-order chi connectivity index (χ0) is 18.8. The minimum Gasteiger partial charge on any atom is -0.397 e. The number of aromatic nitrogens is 1. The van der Waals surface area contributed by atoms with Gasteiger partial charge in [0.25, 0.3) is 0 Å². The van der Waals surface area contributed by atoms with Gasteiger partial charge in [0.15, 0.2) is 5.78 Å². The van der Waals surface area contributed by atoms with Crippen LogP contribution in [-0.2, 0) is 0 Å². The van der Waals surface area contributed by atoms with E-state index in [1.807, 2.05) is 29.6 Å². The quantitative estimate of drug-likeness (QED) is 0.374. The average Bonchev–Trinajstić information content (AvgIpc) is 3.35. The van der Waals surface area contributed by atoms with Crippen molar-refractivity contribution in [1.82, 2.24) is 4.98 Å². The van der Waals surface area contributed by atoms with E-state index in [0.717, 1.165) is 44.8 Å². The van der Waals surface area contributed by atoms with Crippen LogP contribution in [0.2, 0.25) is 0 Å². The molecule has 0 fully saturated rings. The topological polar surface area (TPSA) is 56.0 Å². The number of ketones is 1. The second kappa shape index (κ2) is 7.62. The Hall–Kier alpha value is -2.50. The van der Waals surface area contributed by atoms with E-state index in [2.05, 4.69) is 31.2 Å². The van der Waals surface area contributed by atoms with Gasteiger partial charge in [-0.1, -0.05) is 49.7 Å². The Morgan fingerprint density at radius 3 is 2.67 bits per heavy atom. The number of hydrogen-bond donors (Lipinski definition) is 1. The van der Waals surface area contributed by atoms with Crippen LogP contribution in [-0.4, -0.2) is 10.8 Å². The summed E-state index contributed by atoms with van der Waals surface area (Å²) in [5.41, 5.74) is 10.1. The monoisotopic (exact) mass is 392 g/mol. The Bertz CT molecular complexity index is 1080. The van der Waals surface area contributed by atoms with E-state index in [1.54, 1.807) is 11.3 Å². The number of carbonyl (C=O) groups excluding carboxylic acids is 1. The zero-order valence-electron chi connectivity index (χ0n) is 15.1. The summed E-state index contributed by atoms with van der Waals surface area (Å²) >= 11 is 3.08. The average molecular weight is 393 g/mol. The molecule has 0 amide bonds. The van der Waals surface area contributed by atoms with Crippen LogP contribution in [0.1, 0.15) is 35.9 Å². The van der Waals surface area contributed by atoms with Crippen molar-refractivity contribution in [2.45, 2.75) is 26.2 Å². The molecule has 0 aliphatic rings. The summed E-state index contributed by atoms with van der Waals surface area (Å²) in [7, 11) is 0. The Morgan fingerprint density at radius 2 is 1.96 bits per heavy atom. The fourth-order valence-electron chi connectivity index (χ4n) is 3.17. The molecule has 0 unspecified atom stereocenters. The molecular formula is C22H20N2OS2. The fraction of sp³-hybridized carbons (Fsp3) is 0.182. The largest absolute Gasteiger partial charge is 0.397 e. The molecule has 1 aromatic carbocycles. The van der Waals surface area contributed by atoms with E-state index < -0.39 is 0 Å². The first kappa shape index (κ1) is 17.9. The minimum absolute atomic E-state index is 0.119. The number of fused-ring (bicyclic) bond motifs is 1. The molecule has 3 aromatic heterocycles. The van der Waals surface area contributed by atoms with Gasteiger partial charge in [0, 0.05) is 11.8 Å². The second-order valence-electron chi connectivity index (χ2n) is 6.45. The number of Topliss-reactive ketones (excluding diaryl/α,β-unsaturated/α-hetero) is 1. The maximum Gasteiger partial charge on any atom is 0.174 e. The molecule has 0 bridgehead atoms. The van der Waals surface area contributed by atoms with Gasteiger partial charge >= 0.3 is 0 Å². The van der Waals surface area contributed by atoms with Crippen molar-refractivity contribution in [2.24, 2.45) is 0 Å². The van der Waals surface area contributed by atoms with Crippen LogP contribution in [0, 0.1) is 0 Å². The molecule has 5 heteroatoms. The number of thiophene rings is 2. The number of anilines is 1. The Morgan fingerprint density at radius 1 is 1.15 bits per heavy atom. The molecule has 0 aliphatic carbocycles. The van der Waals surface area contributed by atoms with Crippen molar-refractivity contribution in [2.75, 3.05) is 5.73 Å². The van der Waals surface area contributed by atoms with E-state index >= 15 is 0 Å². The lowest BCUT2D eigenvalue weighted by Crippen LogP contribution is -2.00. The smallest absolute Gasteiger partial charge is 0.174 e. The van der Waals surface area contributed by atoms with Gasteiger partial charge in [0.1, 0.15) is 4.83 Å². The summed E-state index contributed by atoms with van der Waals surface area (Å²) in [6.07, 6.45) is 2.41. The first-order valence-corrected chi connectivity index (χ1v) is 10.7.